The number of nitrogens with one attached hydrogen (secondary N) is 1. The molecule has 0 radical (unpaired) electrons. The number of halogens is 3. The fourth-order valence-electron chi connectivity index (χ4n) is 11.0. The third-order valence-electron chi connectivity index (χ3n) is 16.5. The summed E-state index contributed by atoms with van der Waals surface area (Å²) in [5, 5.41) is 44.4. The number of aliphatic hydroxyl groups is 1. The number of carboxylic acid groups (broad SMARTS) is 1. The first kappa shape index (κ1) is 85.1. The molecule has 0 aliphatic carbocycles. The number of piperidine rings is 4. The van der Waals surface area contributed by atoms with Crippen LogP contribution in [0.5, 0.6) is 17.6 Å². The van der Waals surface area contributed by atoms with E-state index in [2.05, 4.69) is 76.8 Å². The maximum absolute atomic E-state index is 13.3. The van der Waals surface area contributed by atoms with E-state index in [0.717, 1.165) is 74.1 Å². The van der Waals surface area contributed by atoms with Crippen molar-refractivity contribution in [3.05, 3.63) is 174 Å². The van der Waals surface area contributed by atoms with Gasteiger partial charge >= 0.3 is 18.2 Å². The van der Waals surface area contributed by atoms with E-state index in [-0.39, 0.29) is 84.9 Å². The minimum absolute atomic E-state index is 0. The molecule has 6 aromatic heterocycles. The van der Waals surface area contributed by atoms with Crippen LogP contribution < -0.4 is 19.5 Å². The van der Waals surface area contributed by atoms with Crippen molar-refractivity contribution in [1.29, 1.82) is 0 Å². The zero-order valence-electron chi connectivity index (χ0n) is 61.8. The van der Waals surface area contributed by atoms with Gasteiger partial charge in [0.05, 0.1) is 36.9 Å². The molecule has 0 unspecified atom stereocenters. The van der Waals surface area contributed by atoms with Gasteiger partial charge in [-0.05, 0) is 236 Å². The molecule has 30 heteroatoms. The van der Waals surface area contributed by atoms with Gasteiger partial charge in [-0.2, -0.15) is 4.39 Å². The topological polar surface area (TPSA) is 315 Å². The molecule has 0 saturated carbocycles. The Morgan fingerprint density at radius 2 is 0.894 bits per heavy atom. The Balaban J connectivity index is 0.000000232. The number of carbonyl (C=O) groups excluding carboxylic acids is 3. The number of amides is 3. The molecule has 0 spiro atoms. The molecule has 12 rings (SSSR count). The zero-order chi connectivity index (χ0) is 74.1. The summed E-state index contributed by atoms with van der Waals surface area (Å²) in [4.78, 5) is 72.1. The maximum Gasteiger partial charge on any atom is 0.410 e. The summed E-state index contributed by atoms with van der Waals surface area (Å²) >= 11 is 0. The smallest absolute Gasteiger partial charge is 0.410 e. The van der Waals surface area contributed by atoms with Crippen molar-refractivity contribution in [2.45, 2.75) is 208 Å². The summed E-state index contributed by atoms with van der Waals surface area (Å²) in [7, 11) is 0. The van der Waals surface area contributed by atoms with Gasteiger partial charge in [-0.25, -0.2) is 34.3 Å². The van der Waals surface area contributed by atoms with Crippen molar-refractivity contribution >= 4 is 48.9 Å². The Labute approximate surface area is 620 Å². The lowest BCUT2D eigenvalue weighted by Crippen LogP contribution is -2.50. The van der Waals surface area contributed by atoms with Crippen LogP contribution in [0, 0.1) is 33.6 Å². The summed E-state index contributed by atoms with van der Waals surface area (Å²) in [5.41, 5.74) is 5.04. The summed E-state index contributed by atoms with van der Waals surface area (Å²) < 4.78 is 40.6. The lowest BCUT2D eigenvalue weighted by molar-refractivity contribution is -0.00996. The molecule has 27 nitrogen and oxygen atoms in total. The van der Waals surface area contributed by atoms with Crippen LogP contribution in [0.2, 0.25) is 0 Å². The van der Waals surface area contributed by atoms with Crippen LogP contribution in [-0.4, -0.2) is 195 Å². The van der Waals surface area contributed by atoms with E-state index in [1.165, 1.54) is 52.6 Å². The largest absolute Gasteiger partial charge is 0.478 e. The highest BCUT2D eigenvalue weighted by atomic mass is 35.5. The molecule has 0 bridgehead atoms. The Morgan fingerprint density at radius 1 is 0.500 bits per heavy atom. The van der Waals surface area contributed by atoms with Gasteiger partial charge < -0.3 is 53.9 Å². The first-order valence-electron chi connectivity index (χ1n) is 34.4. The van der Waals surface area contributed by atoms with E-state index in [0.29, 0.717) is 54.4 Å². The van der Waals surface area contributed by atoms with Gasteiger partial charge in [0.15, 0.2) is 12.7 Å². The second-order valence-electron chi connectivity index (χ2n) is 27.7. The number of aromatic carboxylic acids is 1. The van der Waals surface area contributed by atoms with Gasteiger partial charge in [-0.3, -0.25) is 4.79 Å². The van der Waals surface area contributed by atoms with E-state index >= 15 is 0 Å². The number of nitrogens with zero attached hydrogens (tertiary/aromatic N) is 15. The second-order valence-corrected chi connectivity index (χ2v) is 27.7. The van der Waals surface area contributed by atoms with Gasteiger partial charge in [0.1, 0.15) is 40.9 Å². The lowest BCUT2D eigenvalue weighted by Gasteiger charge is -2.38. The number of para-hydroxylation sites is 2. The lowest BCUT2D eigenvalue weighted by atomic mass is 9.99. The highest BCUT2D eigenvalue weighted by molar-refractivity contribution is 5.98. The number of aryl methyl sites for hydroxylation is 4. The van der Waals surface area contributed by atoms with Gasteiger partial charge in [-0.15, -0.1) is 54.8 Å². The summed E-state index contributed by atoms with van der Waals surface area (Å²) in [5.74, 6) is 0.466. The van der Waals surface area contributed by atoms with Crippen molar-refractivity contribution in [2.24, 2.45) is 0 Å². The van der Waals surface area contributed by atoms with E-state index < -0.39 is 29.2 Å². The monoisotopic (exact) mass is 1480 g/mol. The van der Waals surface area contributed by atoms with Crippen LogP contribution >= 0.6 is 24.8 Å². The molecule has 4 fully saturated rings. The average Bonchev–Trinajstić information content (AvgIpc) is 1.36. The van der Waals surface area contributed by atoms with Crippen LogP contribution in [0.4, 0.5) is 14.0 Å². The molecular formula is C74H101Cl2FN16O11. The second kappa shape index (κ2) is 41.1. The molecule has 4 aliphatic rings. The third kappa shape index (κ3) is 28.3. The van der Waals surface area contributed by atoms with Gasteiger partial charge in [0.2, 0.25) is 23.6 Å². The number of aliphatic hydroxyl groups excluding tert-OH is 1. The summed E-state index contributed by atoms with van der Waals surface area (Å²) in [6.45, 7) is 29.7. The molecule has 3 amide bonds. The number of β-amino-alcohol motifs (C(OH)–C–C–N with tert-alkyl or cyclic N) is 1. The number of benzene rings is 2. The van der Waals surface area contributed by atoms with E-state index in [9.17, 15) is 28.7 Å². The Kier molecular flexibility index (Phi) is 33.6. The SMILES string of the molecule is C[C@@H]1CC[C@@H](O)CN1C(=O)OC(C)(C)C.Cc1ccnc(F)c1.Cc1ccnc(O[C@@H]2CC[C@@H](C)N(C(=O)OC(C)(C)C)C2)c1.Cc1ccnc(O[C@@H]2CC[C@@H](C)N(C(=O)c3ccccc3-n3ncnn3)C2)c1.Cc1ccnc(O[C@@H]2CC[C@@H](C)NC2)c1.Cl.Cl.O=C(O)c1ccccc1-n1ncnn1. The van der Waals surface area contributed by atoms with Crippen molar-refractivity contribution in [3.8, 4) is 29.0 Å². The molecule has 104 heavy (non-hydrogen) atoms. The number of carboxylic acids is 1. The van der Waals surface area contributed by atoms with Crippen LogP contribution in [0.3, 0.4) is 0 Å². The summed E-state index contributed by atoms with van der Waals surface area (Å²) in [6, 6.07) is 29.6. The van der Waals surface area contributed by atoms with Crippen molar-refractivity contribution in [2.75, 3.05) is 26.2 Å². The number of likely N-dealkylation sites (tertiary alicyclic amines) is 3. The van der Waals surface area contributed by atoms with Crippen LogP contribution in [0.15, 0.2) is 135 Å². The number of ether oxygens (including phenoxy) is 5. The number of rotatable bonds is 10. The first-order valence-corrected chi connectivity index (χ1v) is 34.4. The zero-order valence-corrected chi connectivity index (χ0v) is 63.4. The number of carbonyl (C=O) groups is 4. The number of aromatic nitrogens is 12. The Hall–Kier alpha value is -9.51. The fourth-order valence-corrected chi connectivity index (χ4v) is 11.0. The molecule has 8 aromatic rings. The van der Waals surface area contributed by atoms with Crippen molar-refractivity contribution in [1.82, 2.24) is 80.4 Å². The van der Waals surface area contributed by atoms with E-state index in [4.69, 9.17) is 28.8 Å². The maximum atomic E-state index is 13.3. The predicted molar refractivity (Wildman–Crippen MR) is 395 cm³/mol. The van der Waals surface area contributed by atoms with Crippen molar-refractivity contribution in [3.63, 3.8) is 0 Å². The standard InChI is InChI=1S/C20H22N6O2.C17H26N2O3.C12H18N2O.C11H21NO3.C8H6N4O2.C6H6FN.2ClH/c1-14-9-10-21-19(11-14)28-16-8-7-15(2)25(12-16)20(27)17-5-3-4-6-18(17)26-23-13-22-24-26;1-12-8-9-18-15(10-12)21-14-7-6-13(2)19(11-14)16(20)22-17(3,4)5;1-9-5-6-13-12(7-9)15-11-4-3-10(2)14-8-11;1-8-5-6-9(13)7-12(8)10(14)15-11(2,3)4;13-8(14)6-3-1-2-4-7(6)12-10-5-9-11-12;1-5-2-3-8-6(7)4-5;;/h3-6,9-11,13,15-16H,7-8,12H2,1-2H3;8-10,13-14H,6-7,11H2,1-5H3;5-7,10-11,14H,3-4,8H2,1-2H3;8-9,13H,5-7H2,1-4H3;1-5H,(H,13,14);2-4H,1H3;2*1H/t15-,16-;13-,14-;10-,11-;8-,9-;;;;/m1111..../s1. The third-order valence-corrected chi connectivity index (χ3v) is 16.5. The molecule has 4 aliphatic heterocycles. The van der Waals surface area contributed by atoms with Crippen LogP contribution in [-0.2, 0) is 9.47 Å². The minimum atomic E-state index is -1.02. The summed E-state index contributed by atoms with van der Waals surface area (Å²) in [6.07, 6.45) is 15.9. The molecule has 4 saturated heterocycles. The van der Waals surface area contributed by atoms with Crippen LogP contribution in [0.1, 0.15) is 164 Å². The Bertz CT molecular complexity index is 3900. The molecule has 3 N–H and O–H groups in total. The van der Waals surface area contributed by atoms with Gasteiger partial charge in [0.25, 0.3) is 5.91 Å². The first-order chi connectivity index (χ1) is 48.5. The molecular weight excluding hydrogens is 1380 g/mol. The minimum Gasteiger partial charge on any atom is -0.478 e. The van der Waals surface area contributed by atoms with Gasteiger partial charge in [-0.1, -0.05) is 24.3 Å². The number of pyridine rings is 4. The molecule has 2 aromatic carbocycles. The molecule has 564 valence electrons. The number of hydrogen-bond donors (Lipinski definition) is 3. The Morgan fingerprint density at radius 3 is 1.30 bits per heavy atom. The highest BCUT2D eigenvalue weighted by Crippen LogP contribution is 2.28. The number of hydrogen-bond acceptors (Lipinski definition) is 21. The van der Waals surface area contributed by atoms with Crippen LogP contribution in [0.25, 0.3) is 11.4 Å². The molecule has 8 atom stereocenters. The number of tetrazole rings is 2. The van der Waals surface area contributed by atoms with Crippen molar-refractivity contribution < 1.29 is 57.5 Å². The highest BCUT2D eigenvalue weighted by Gasteiger charge is 2.35. The van der Waals surface area contributed by atoms with E-state index in [1.54, 1.807) is 58.7 Å². The quantitative estimate of drug-likeness (QED) is 0.107. The van der Waals surface area contributed by atoms with E-state index in [1.807, 2.05) is 136 Å². The van der Waals surface area contributed by atoms with Gasteiger partial charge in [0, 0.05) is 73.7 Å². The predicted octanol–water partition coefficient (Wildman–Crippen LogP) is 12.4. The fraction of sp³-hybridized carbons (Fsp3) is 0.486. The average molecular weight is 1480 g/mol. The normalized spacial score (nSPS) is 19.8. The molecule has 10 heterocycles.